The van der Waals surface area contributed by atoms with E-state index in [9.17, 15) is 4.79 Å². The minimum atomic E-state index is -0.388. The highest BCUT2D eigenvalue weighted by Gasteiger charge is 2.12. The molecule has 6 heteroatoms. The van der Waals surface area contributed by atoms with Crippen molar-refractivity contribution in [3.05, 3.63) is 17.5 Å². The van der Waals surface area contributed by atoms with Gasteiger partial charge < -0.3 is 15.2 Å². The van der Waals surface area contributed by atoms with Gasteiger partial charge in [0.2, 0.25) is 5.95 Å². The van der Waals surface area contributed by atoms with Crippen LogP contribution >= 0.6 is 0 Å². The number of aryl methyl sites for hydroxylation is 1. The van der Waals surface area contributed by atoms with E-state index in [0.717, 1.165) is 32.2 Å². The maximum Gasteiger partial charge on any atom is 0.341 e. The van der Waals surface area contributed by atoms with E-state index >= 15 is 0 Å². The summed E-state index contributed by atoms with van der Waals surface area (Å²) >= 11 is 0. The minimum absolute atomic E-state index is 0.255. The lowest BCUT2D eigenvalue weighted by Crippen LogP contribution is -2.11. The molecule has 1 rings (SSSR count). The minimum Gasteiger partial charge on any atom is -0.462 e. The highest BCUT2D eigenvalue weighted by molar-refractivity contribution is 5.90. The Labute approximate surface area is 119 Å². The van der Waals surface area contributed by atoms with Gasteiger partial charge in [-0.1, -0.05) is 12.8 Å². The van der Waals surface area contributed by atoms with Gasteiger partial charge in [0.25, 0.3) is 0 Å². The fourth-order valence-corrected chi connectivity index (χ4v) is 1.75. The van der Waals surface area contributed by atoms with Crippen molar-refractivity contribution in [2.45, 2.75) is 39.5 Å². The molecular formula is C14H23N3O3. The molecule has 2 N–H and O–H groups in total. The van der Waals surface area contributed by atoms with Crippen LogP contribution in [0.2, 0.25) is 0 Å². The molecule has 6 nitrogen and oxygen atoms in total. The average molecular weight is 281 g/mol. The zero-order valence-electron chi connectivity index (χ0n) is 12.2. The van der Waals surface area contributed by atoms with E-state index in [-0.39, 0.29) is 12.6 Å². The lowest BCUT2D eigenvalue weighted by Gasteiger charge is -2.08. The normalized spacial score (nSPS) is 10.3. The van der Waals surface area contributed by atoms with Crippen molar-refractivity contribution >= 4 is 11.9 Å². The molecule has 0 bridgehead atoms. The quantitative estimate of drug-likeness (QED) is 0.531. The number of aliphatic hydroxyl groups excluding tert-OH is 1. The molecule has 1 aromatic heterocycles. The van der Waals surface area contributed by atoms with Gasteiger partial charge >= 0.3 is 5.97 Å². The molecule has 0 radical (unpaired) electrons. The number of carbonyl (C=O) groups is 1. The number of rotatable bonds is 9. The zero-order chi connectivity index (χ0) is 14.8. The Balaban J connectivity index is 2.41. The summed E-state index contributed by atoms with van der Waals surface area (Å²) in [5.41, 5.74) is 1.02. The molecule has 0 saturated carbocycles. The van der Waals surface area contributed by atoms with Gasteiger partial charge in [-0.25, -0.2) is 14.8 Å². The summed E-state index contributed by atoms with van der Waals surface area (Å²) in [6.45, 7) is 4.90. The SMILES string of the molecule is CCOC(=O)c1cnc(NCCCCCCO)nc1C. The predicted molar refractivity (Wildman–Crippen MR) is 76.8 cm³/mol. The van der Waals surface area contributed by atoms with Crippen LogP contribution in [0.1, 0.15) is 48.7 Å². The van der Waals surface area contributed by atoms with Crippen molar-refractivity contribution in [2.24, 2.45) is 0 Å². The number of nitrogens with one attached hydrogen (secondary N) is 1. The summed E-state index contributed by atoms with van der Waals surface area (Å²) in [5, 5.41) is 11.8. The monoisotopic (exact) mass is 281 g/mol. The smallest absolute Gasteiger partial charge is 0.341 e. The molecule has 0 aliphatic heterocycles. The fourth-order valence-electron chi connectivity index (χ4n) is 1.75. The van der Waals surface area contributed by atoms with Crippen LogP contribution in [-0.2, 0) is 4.74 Å². The van der Waals surface area contributed by atoms with Crippen molar-refractivity contribution in [3.63, 3.8) is 0 Å². The first-order chi connectivity index (χ1) is 9.69. The van der Waals surface area contributed by atoms with Gasteiger partial charge in [-0.05, 0) is 26.7 Å². The van der Waals surface area contributed by atoms with E-state index in [1.165, 1.54) is 6.20 Å². The standard InChI is InChI=1S/C14H23N3O3/c1-3-20-13(19)12-10-16-14(17-11(12)2)15-8-6-4-5-7-9-18/h10,18H,3-9H2,1-2H3,(H,15,16,17). The second-order valence-electron chi connectivity index (χ2n) is 4.48. The van der Waals surface area contributed by atoms with E-state index in [2.05, 4.69) is 15.3 Å². The van der Waals surface area contributed by atoms with Gasteiger partial charge in [0.15, 0.2) is 0 Å². The molecule has 112 valence electrons. The summed E-state index contributed by atoms with van der Waals surface area (Å²) in [6.07, 6.45) is 5.44. The van der Waals surface area contributed by atoms with Gasteiger partial charge in [0.1, 0.15) is 0 Å². The topological polar surface area (TPSA) is 84.3 Å². The maximum absolute atomic E-state index is 11.6. The zero-order valence-corrected chi connectivity index (χ0v) is 12.2. The Kier molecular flexibility index (Phi) is 7.57. The van der Waals surface area contributed by atoms with Crippen molar-refractivity contribution in [3.8, 4) is 0 Å². The summed E-state index contributed by atoms with van der Waals surface area (Å²) in [5.74, 6) is 0.137. The molecule has 20 heavy (non-hydrogen) atoms. The third-order valence-corrected chi connectivity index (χ3v) is 2.84. The van der Waals surface area contributed by atoms with Gasteiger partial charge in [-0.2, -0.15) is 0 Å². The Hall–Kier alpha value is -1.69. The average Bonchev–Trinajstić information content (AvgIpc) is 2.43. The molecule has 0 saturated heterocycles. The first kappa shape index (κ1) is 16.4. The van der Waals surface area contributed by atoms with Crippen LogP contribution < -0.4 is 5.32 Å². The summed E-state index contributed by atoms with van der Waals surface area (Å²) in [7, 11) is 0. The molecule has 0 unspecified atom stereocenters. The molecule has 0 atom stereocenters. The van der Waals surface area contributed by atoms with Crippen LogP contribution in [0.3, 0.4) is 0 Å². The molecule has 0 fully saturated rings. The molecule has 1 heterocycles. The summed E-state index contributed by atoms with van der Waals surface area (Å²) in [4.78, 5) is 20.0. The molecule has 0 spiro atoms. The van der Waals surface area contributed by atoms with Crippen LogP contribution in [0, 0.1) is 6.92 Å². The van der Waals surface area contributed by atoms with E-state index in [4.69, 9.17) is 9.84 Å². The first-order valence-corrected chi connectivity index (χ1v) is 7.04. The second-order valence-corrected chi connectivity index (χ2v) is 4.48. The number of ether oxygens (including phenoxy) is 1. The highest BCUT2D eigenvalue weighted by atomic mass is 16.5. The summed E-state index contributed by atoms with van der Waals surface area (Å²) < 4.78 is 4.92. The van der Waals surface area contributed by atoms with Crippen molar-refractivity contribution in [1.82, 2.24) is 9.97 Å². The molecule has 0 aromatic carbocycles. The molecular weight excluding hydrogens is 258 g/mol. The third kappa shape index (κ3) is 5.52. The van der Waals surface area contributed by atoms with Crippen LogP contribution in [0.5, 0.6) is 0 Å². The van der Waals surface area contributed by atoms with E-state index in [1.807, 2.05) is 0 Å². The van der Waals surface area contributed by atoms with E-state index in [1.54, 1.807) is 13.8 Å². The molecule has 1 aromatic rings. The van der Waals surface area contributed by atoms with Crippen LogP contribution in [0.15, 0.2) is 6.20 Å². The van der Waals surface area contributed by atoms with Crippen LogP contribution in [0.4, 0.5) is 5.95 Å². The lowest BCUT2D eigenvalue weighted by molar-refractivity contribution is 0.0524. The van der Waals surface area contributed by atoms with E-state index in [0.29, 0.717) is 23.8 Å². The number of carbonyl (C=O) groups excluding carboxylic acids is 1. The number of esters is 1. The first-order valence-electron chi connectivity index (χ1n) is 7.04. The van der Waals surface area contributed by atoms with Crippen LogP contribution in [-0.4, -0.2) is 40.8 Å². The number of nitrogens with zero attached hydrogens (tertiary/aromatic N) is 2. The summed E-state index contributed by atoms with van der Waals surface area (Å²) in [6, 6.07) is 0. The van der Waals surface area contributed by atoms with Gasteiger partial charge in [-0.15, -0.1) is 0 Å². The number of unbranched alkanes of at least 4 members (excludes halogenated alkanes) is 3. The lowest BCUT2D eigenvalue weighted by atomic mass is 10.2. The largest absolute Gasteiger partial charge is 0.462 e. The number of anilines is 1. The second kappa shape index (κ2) is 9.25. The Morgan fingerprint density at radius 2 is 2.10 bits per heavy atom. The fraction of sp³-hybridized carbons (Fsp3) is 0.643. The van der Waals surface area contributed by atoms with Gasteiger partial charge in [0, 0.05) is 19.3 Å². The van der Waals surface area contributed by atoms with Gasteiger partial charge in [0.05, 0.1) is 17.9 Å². The molecule has 0 amide bonds. The van der Waals surface area contributed by atoms with E-state index < -0.39 is 0 Å². The third-order valence-electron chi connectivity index (χ3n) is 2.84. The van der Waals surface area contributed by atoms with Crippen molar-refractivity contribution < 1.29 is 14.6 Å². The number of aromatic nitrogens is 2. The van der Waals surface area contributed by atoms with Crippen molar-refractivity contribution in [2.75, 3.05) is 25.1 Å². The van der Waals surface area contributed by atoms with Crippen molar-refractivity contribution in [1.29, 1.82) is 0 Å². The Bertz CT molecular complexity index is 424. The molecule has 0 aliphatic rings. The van der Waals surface area contributed by atoms with Gasteiger partial charge in [-0.3, -0.25) is 0 Å². The Morgan fingerprint density at radius 3 is 2.75 bits per heavy atom. The predicted octanol–water partition coefficient (Wildman–Crippen LogP) is 1.93. The van der Waals surface area contributed by atoms with Crippen LogP contribution in [0.25, 0.3) is 0 Å². The highest BCUT2D eigenvalue weighted by Crippen LogP contribution is 2.09. The molecule has 0 aliphatic carbocycles. The Morgan fingerprint density at radius 1 is 1.35 bits per heavy atom. The number of aliphatic hydroxyl groups is 1. The number of hydrogen-bond donors (Lipinski definition) is 2. The number of hydrogen-bond acceptors (Lipinski definition) is 6. The maximum atomic E-state index is 11.6.